The van der Waals surface area contributed by atoms with Crippen molar-refractivity contribution < 1.29 is 14.7 Å². The summed E-state index contributed by atoms with van der Waals surface area (Å²) < 4.78 is 1.37. The molecule has 0 saturated heterocycles. The third-order valence-electron chi connectivity index (χ3n) is 1.98. The number of nitrogens with zero attached hydrogens (tertiary/aromatic N) is 5. The van der Waals surface area contributed by atoms with Crippen LogP contribution in [-0.4, -0.2) is 55.1 Å². The molecule has 0 radical (unpaired) electrons. The van der Waals surface area contributed by atoms with E-state index in [-0.39, 0.29) is 6.54 Å². The van der Waals surface area contributed by atoms with Gasteiger partial charge in [0.05, 0.1) is 18.9 Å². The number of carboxylic acids is 1. The summed E-state index contributed by atoms with van der Waals surface area (Å²) in [4.78, 5) is 25.4. The first-order chi connectivity index (χ1) is 8.66. The molecule has 0 unspecified atom stereocenters. The van der Waals surface area contributed by atoms with Crippen molar-refractivity contribution in [3.05, 3.63) is 12.4 Å². The maximum atomic E-state index is 11.3. The normalized spacial score (nSPS) is 10.2. The number of carbonyl (C=O) groups excluding carboxylic acids is 1. The van der Waals surface area contributed by atoms with Gasteiger partial charge in [-0.05, 0) is 10.4 Å². The van der Waals surface area contributed by atoms with Gasteiger partial charge < -0.3 is 15.7 Å². The van der Waals surface area contributed by atoms with Gasteiger partial charge in [0, 0.05) is 0 Å². The maximum Gasteiger partial charge on any atom is 0.322 e. The molecule has 0 aromatic carbocycles. The van der Waals surface area contributed by atoms with Crippen LogP contribution in [0.15, 0.2) is 12.4 Å². The second-order valence-electron chi connectivity index (χ2n) is 3.27. The van der Waals surface area contributed by atoms with Crippen LogP contribution in [0.3, 0.4) is 0 Å². The van der Waals surface area contributed by atoms with Crippen molar-refractivity contribution in [2.24, 2.45) is 0 Å². The average Bonchev–Trinajstić information content (AvgIpc) is 2.82. The Balaban J connectivity index is 1.96. The van der Waals surface area contributed by atoms with Crippen LogP contribution in [0.5, 0.6) is 0 Å². The van der Waals surface area contributed by atoms with Crippen molar-refractivity contribution in [3.63, 3.8) is 0 Å². The quantitative estimate of drug-likeness (QED) is 0.562. The van der Waals surface area contributed by atoms with Crippen LogP contribution in [0.1, 0.15) is 0 Å². The van der Waals surface area contributed by atoms with Gasteiger partial charge in [0.2, 0.25) is 5.91 Å². The first-order valence-corrected chi connectivity index (χ1v) is 4.91. The number of fused-ring (bicyclic) bond motifs is 1. The monoisotopic (exact) mass is 251 g/mol. The minimum atomic E-state index is -1.10. The van der Waals surface area contributed by atoms with E-state index in [9.17, 15) is 9.59 Å². The molecule has 0 aliphatic heterocycles. The molecule has 0 aliphatic rings. The van der Waals surface area contributed by atoms with Gasteiger partial charge in [-0.2, -0.15) is 4.52 Å². The van der Waals surface area contributed by atoms with Gasteiger partial charge >= 0.3 is 5.97 Å². The fourth-order valence-electron chi connectivity index (χ4n) is 1.20. The van der Waals surface area contributed by atoms with Crippen LogP contribution in [0.2, 0.25) is 0 Å². The molecule has 0 saturated carbocycles. The van der Waals surface area contributed by atoms with Crippen molar-refractivity contribution >= 4 is 23.3 Å². The van der Waals surface area contributed by atoms with E-state index < -0.39 is 18.4 Å². The first-order valence-electron chi connectivity index (χ1n) is 4.91. The highest BCUT2D eigenvalue weighted by atomic mass is 16.4. The fourth-order valence-corrected chi connectivity index (χ4v) is 1.20. The molecule has 0 spiro atoms. The summed E-state index contributed by atoms with van der Waals surface area (Å²) in [6.45, 7) is -0.526. The number of rotatable bonds is 5. The van der Waals surface area contributed by atoms with Crippen molar-refractivity contribution in [2.45, 2.75) is 0 Å². The predicted octanol–water partition coefficient (Wildman–Crippen LogP) is -1.87. The summed E-state index contributed by atoms with van der Waals surface area (Å²) in [7, 11) is 0. The second-order valence-corrected chi connectivity index (χ2v) is 3.27. The molecule has 3 N–H and O–H groups in total. The highest BCUT2D eigenvalue weighted by Gasteiger charge is 2.07. The van der Waals surface area contributed by atoms with E-state index in [2.05, 4.69) is 31.1 Å². The summed E-state index contributed by atoms with van der Waals surface area (Å²) in [6, 6.07) is 0. The lowest BCUT2D eigenvalue weighted by molar-refractivity contribution is -0.137. The summed E-state index contributed by atoms with van der Waals surface area (Å²) in [5.41, 5.74) is 0.436. The highest BCUT2D eigenvalue weighted by Crippen LogP contribution is 2.04. The topological polar surface area (TPSA) is 134 Å². The Hall–Kier alpha value is -2.78. The maximum absolute atomic E-state index is 11.3. The Morgan fingerprint density at radius 3 is 2.94 bits per heavy atom. The summed E-state index contributed by atoms with van der Waals surface area (Å²) >= 11 is 0. The fraction of sp³-hybridized carbons (Fsp3) is 0.250. The van der Waals surface area contributed by atoms with Crippen molar-refractivity contribution in [2.75, 3.05) is 18.4 Å². The number of aliphatic carboxylic acids is 1. The molecule has 0 atom stereocenters. The van der Waals surface area contributed by atoms with Crippen LogP contribution in [0, 0.1) is 0 Å². The number of aromatic nitrogens is 5. The van der Waals surface area contributed by atoms with Gasteiger partial charge in [-0.15, -0.1) is 5.10 Å². The molecule has 1 amide bonds. The SMILES string of the molecule is O=C(O)CNC(=O)CNc1cncc2nnnn12. The number of carbonyl (C=O) groups is 2. The molecule has 2 rings (SSSR count). The summed E-state index contributed by atoms with van der Waals surface area (Å²) in [5, 5.41) is 24.2. The Morgan fingerprint density at radius 2 is 2.17 bits per heavy atom. The molecular weight excluding hydrogens is 242 g/mol. The van der Waals surface area contributed by atoms with Crippen LogP contribution in [0.25, 0.3) is 5.65 Å². The highest BCUT2D eigenvalue weighted by molar-refractivity contribution is 5.84. The van der Waals surface area contributed by atoms with E-state index in [0.29, 0.717) is 11.5 Å². The van der Waals surface area contributed by atoms with Crippen LogP contribution < -0.4 is 10.6 Å². The van der Waals surface area contributed by atoms with Crippen LogP contribution in [-0.2, 0) is 9.59 Å². The smallest absolute Gasteiger partial charge is 0.322 e. The van der Waals surface area contributed by atoms with Crippen LogP contribution in [0.4, 0.5) is 5.82 Å². The molecular formula is C8H9N7O3. The molecule has 18 heavy (non-hydrogen) atoms. The van der Waals surface area contributed by atoms with E-state index in [1.807, 2.05) is 0 Å². The second kappa shape index (κ2) is 5.03. The largest absolute Gasteiger partial charge is 0.480 e. The third kappa shape index (κ3) is 2.66. The van der Waals surface area contributed by atoms with Gasteiger partial charge in [0.25, 0.3) is 0 Å². The molecule has 0 bridgehead atoms. The van der Waals surface area contributed by atoms with Crippen molar-refractivity contribution in [1.82, 2.24) is 30.3 Å². The lowest BCUT2D eigenvalue weighted by atomic mass is 10.5. The number of tetrazole rings is 1. The van der Waals surface area contributed by atoms with E-state index in [0.717, 1.165) is 0 Å². The number of anilines is 1. The summed E-state index contributed by atoms with van der Waals surface area (Å²) in [5.74, 6) is -1.13. The van der Waals surface area contributed by atoms with E-state index in [4.69, 9.17) is 5.11 Å². The molecule has 10 nitrogen and oxygen atoms in total. The van der Waals surface area contributed by atoms with Gasteiger partial charge in [0.1, 0.15) is 6.54 Å². The van der Waals surface area contributed by atoms with Gasteiger partial charge in [0.15, 0.2) is 11.5 Å². The zero-order valence-corrected chi connectivity index (χ0v) is 9.07. The lowest BCUT2D eigenvalue weighted by Crippen LogP contribution is -2.34. The molecule has 2 aromatic rings. The van der Waals surface area contributed by atoms with Crippen LogP contribution >= 0.6 is 0 Å². The Kier molecular flexibility index (Phi) is 3.27. The third-order valence-corrected chi connectivity index (χ3v) is 1.98. The molecule has 0 aliphatic carbocycles. The van der Waals surface area contributed by atoms with Gasteiger partial charge in [-0.1, -0.05) is 0 Å². The minimum Gasteiger partial charge on any atom is -0.480 e. The molecule has 2 heterocycles. The number of carboxylic acid groups (broad SMARTS) is 1. The van der Waals surface area contributed by atoms with E-state index in [1.54, 1.807) is 0 Å². The minimum absolute atomic E-state index is 0.103. The lowest BCUT2D eigenvalue weighted by Gasteiger charge is -2.06. The summed E-state index contributed by atoms with van der Waals surface area (Å²) in [6.07, 6.45) is 2.92. The average molecular weight is 251 g/mol. The Morgan fingerprint density at radius 1 is 1.33 bits per heavy atom. The van der Waals surface area contributed by atoms with E-state index in [1.165, 1.54) is 16.9 Å². The molecule has 94 valence electrons. The number of hydrogen-bond donors (Lipinski definition) is 3. The van der Waals surface area contributed by atoms with E-state index >= 15 is 0 Å². The standard InChI is InChI=1S/C8H9N7O3/c16-7(11-4-8(17)18)3-10-5-1-9-2-6-12-13-14-15(5)6/h1-2,10H,3-4H2,(H,11,16)(H,17,18). The molecule has 0 fully saturated rings. The van der Waals surface area contributed by atoms with Gasteiger partial charge in [-0.25, -0.2) is 0 Å². The first kappa shape index (κ1) is 11.7. The van der Waals surface area contributed by atoms with Crippen molar-refractivity contribution in [3.8, 4) is 0 Å². The number of nitrogens with one attached hydrogen (secondary N) is 2. The number of hydrogen-bond acceptors (Lipinski definition) is 7. The molecule has 10 heteroatoms. The molecule has 2 aromatic heterocycles. The Bertz CT molecular complexity index is 581. The van der Waals surface area contributed by atoms with Gasteiger partial charge in [-0.3, -0.25) is 14.6 Å². The number of amides is 1. The predicted molar refractivity (Wildman–Crippen MR) is 57.7 cm³/mol. The zero-order chi connectivity index (χ0) is 13.0. The Labute approximate surface area is 100 Å². The zero-order valence-electron chi connectivity index (χ0n) is 9.07. The van der Waals surface area contributed by atoms with Crippen molar-refractivity contribution in [1.29, 1.82) is 0 Å².